The smallest absolute Gasteiger partial charge is 0.276 e. The number of fused-ring (bicyclic) bond motifs is 1. The molecule has 0 spiro atoms. The number of hydrogen-bond acceptors (Lipinski definition) is 4. The van der Waals surface area contributed by atoms with E-state index in [0.717, 1.165) is 38.2 Å². The van der Waals surface area contributed by atoms with Crippen molar-refractivity contribution in [3.05, 3.63) is 23.5 Å². The van der Waals surface area contributed by atoms with Crippen molar-refractivity contribution in [3.8, 4) is 0 Å². The highest BCUT2D eigenvalue weighted by Gasteiger charge is 2.34. The molecule has 0 aromatic carbocycles. The Morgan fingerprint density at radius 3 is 2.56 bits per heavy atom. The van der Waals surface area contributed by atoms with Crippen molar-refractivity contribution in [2.75, 3.05) is 26.7 Å². The number of aromatic nitrogens is 1. The molecule has 0 atom stereocenters. The fraction of sp³-hybridized carbons (Fsp3) is 0.667. The average molecular weight is 348 g/mol. The number of rotatable bonds is 2. The molecule has 1 aromatic rings. The molecule has 0 bridgehead atoms. The summed E-state index contributed by atoms with van der Waals surface area (Å²) in [6, 6.07) is 1.77. The lowest BCUT2D eigenvalue weighted by molar-refractivity contribution is -0.138. The van der Waals surface area contributed by atoms with Gasteiger partial charge in [-0.1, -0.05) is 13.8 Å². The number of carbonyl (C=O) groups excluding carboxylic acids is 2. The van der Waals surface area contributed by atoms with Crippen LogP contribution in [-0.4, -0.2) is 58.1 Å². The van der Waals surface area contributed by atoms with Gasteiger partial charge in [0.15, 0.2) is 0 Å². The van der Waals surface area contributed by atoms with Gasteiger partial charge in [0.1, 0.15) is 0 Å². The van der Waals surface area contributed by atoms with Gasteiger partial charge in [0.2, 0.25) is 5.91 Å². The molecule has 7 nitrogen and oxygen atoms in total. The van der Waals surface area contributed by atoms with E-state index in [1.54, 1.807) is 17.7 Å². The maximum atomic E-state index is 13.1. The summed E-state index contributed by atoms with van der Waals surface area (Å²) in [5.74, 6) is -0.204. The molecule has 25 heavy (non-hydrogen) atoms. The number of hydrogen-bond donors (Lipinski definition) is 2. The summed E-state index contributed by atoms with van der Waals surface area (Å²) in [5.41, 5.74) is 2.95. The Morgan fingerprint density at radius 2 is 1.92 bits per heavy atom. The van der Waals surface area contributed by atoms with Crippen LogP contribution in [0.3, 0.4) is 0 Å². The van der Waals surface area contributed by atoms with Crippen LogP contribution in [-0.2, 0) is 17.9 Å². The first-order chi connectivity index (χ1) is 11.8. The second-order valence-corrected chi connectivity index (χ2v) is 8.23. The van der Waals surface area contributed by atoms with Crippen molar-refractivity contribution < 1.29 is 14.8 Å². The number of piperidine rings is 1. The van der Waals surface area contributed by atoms with Crippen LogP contribution in [0.25, 0.3) is 0 Å². The zero-order valence-corrected chi connectivity index (χ0v) is 15.3. The lowest BCUT2D eigenvalue weighted by atomic mass is 9.91. The Balaban J connectivity index is 1.82. The molecule has 138 valence electrons. The predicted octanol–water partition coefficient (Wildman–Crippen LogP) is 1.32. The van der Waals surface area contributed by atoms with E-state index in [1.165, 1.54) is 0 Å². The molecule has 0 saturated carbocycles. The summed E-state index contributed by atoms with van der Waals surface area (Å²) >= 11 is 0. The van der Waals surface area contributed by atoms with Gasteiger partial charge in [0.05, 0.1) is 12.1 Å². The van der Waals surface area contributed by atoms with E-state index in [9.17, 15) is 9.59 Å². The van der Waals surface area contributed by atoms with Crippen LogP contribution in [0.15, 0.2) is 12.3 Å². The van der Waals surface area contributed by atoms with E-state index in [-0.39, 0.29) is 17.2 Å². The standard InChI is InChI=1S/C18H28N4O3/c1-18(2)11-21-9-14(16(23)19-25)8-15(21)10-22(12-18)17(24)13-4-6-20(3)7-5-13/h8-9,13,25H,4-7,10-12H2,1-3H3,(H,19,23). The molecule has 0 unspecified atom stereocenters. The largest absolute Gasteiger partial charge is 0.348 e. The maximum Gasteiger partial charge on any atom is 0.276 e. The zero-order chi connectivity index (χ0) is 18.2. The molecule has 0 aliphatic carbocycles. The molecule has 3 rings (SSSR count). The van der Waals surface area contributed by atoms with E-state index in [0.29, 0.717) is 18.7 Å². The molecule has 1 saturated heterocycles. The molecule has 2 amide bonds. The normalized spacial score (nSPS) is 21.5. The molecule has 7 heteroatoms. The quantitative estimate of drug-likeness (QED) is 0.624. The second kappa shape index (κ2) is 6.80. The van der Waals surface area contributed by atoms with Gasteiger partial charge in [-0.15, -0.1) is 0 Å². The number of likely N-dealkylation sites (tertiary alicyclic amines) is 1. The fourth-order valence-corrected chi connectivity index (χ4v) is 3.97. The molecule has 1 aromatic heterocycles. The number of hydroxylamine groups is 1. The van der Waals surface area contributed by atoms with E-state index < -0.39 is 5.91 Å². The Bertz CT molecular complexity index is 659. The summed E-state index contributed by atoms with van der Waals surface area (Å²) in [5, 5.41) is 8.86. The second-order valence-electron chi connectivity index (χ2n) is 8.23. The number of nitrogens with zero attached hydrogens (tertiary/aromatic N) is 3. The lowest BCUT2D eigenvalue weighted by Crippen LogP contribution is -2.44. The highest BCUT2D eigenvalue weighted by molar-refractivity contribution is 5.93. The maximum absolute atomic E-state index is 13.1. The van der Waals surface area contributed by atoms with Crippen molar-refractivity contribution in [1.82, 2.24) is 19.8 Å². The number of carbonyl (C=O) groups is 2. The summed E-state index contributed by atoms with van der Waals surface area (Å²) in [6.07, 6.45) is 3.57. The molecule has 1 fully saturated rings. The monoisotopic (exact) mass is 348 g/mol. The Hall–Kier alpha value is -1.86. The minimum Gasteiger partial charge on any atom is -0.348 e. The third-order valence-corrected chi connectivity index (χ3v) is 5.30. The van der Waals surface area contributed by atoms with Crippen LogP contribution >= 0.6 is 0 Å². The van der Waals surface area contributed by atoms with Crippen molar-refractivity contribution in [3.63, 3.8) is 0 Å². The number of nitrogens with one attached hydrogen (secondary N) is 1. The zero-order valence-electron chi connectivity index (χ0n) is 15.3. The topological polar surface area (TPSA) is 77.8 Å². The summed E-state index contributed by atoms with van der Waals surface area (Å²) in [4.78, 5) is 29.0. The summed E-state index contributed by atoms with van der Waals surface area (Å²) < 4.78 is 2.03. The molecular weight excluding hydrogens is 320 g/mol. The van der Waals surface area contributed by atoms with Crippen LogP contribution in [0.5, 0.6) is 0 Å². The molecule has 2 N–H and O–H groups in total. The van der Waals surface area contributed by atoms with Gasteiger partial charge in [-0.25, -0.2) is 5.48 Å². The van der Waals surface area contributed by atoms with Gasteiger partial charge in [0.25, 0.3) is 5.91 Å². The van der Waals surface area contributed by atoms with Gasteiger partial charge < -0.3 is 14.4 Å². The van der Waals surface area contributed by atoms with E-state index in [1.807, 2.05) is 9.47 Å². The van der Waals surface area contributed by atoms with Crippen molar-refractivity contribution in [2.24, 2.45) is 11.3 Å². The third-order valence-electron chi connectivity index (χ3n) is 5.30. The average Bonchev–Trinajstić information content (AvgIpc) is 2.89. The highest BCUT2D eigenvalue weighted by atomic mass is 16.5. The Labute approximate surface area is 148 Å². The van der Waals surface area contributed by atoms with Gasteiger partial charge in [-0.2, -0.15) is 0 Å². The van der Waals surface area contributed by atoms with Crippen LogP contribution in [0, 0.1) is 11.3 Å². The predicted molar refractivity (Wildman–Crippen MR) is 93.1 cm³/mol. The third kappa shape index (κ3) is 3.88. The summed E-state index contributed by atoms with van der Waals surface area (Å²) in [6.45, 7) is 8.16. The van der Waals surface area contributed by atoms with Gasteiger partial charge >= 0.3 is 0 Å². The van der Waals surface area contributed by atoms with Crippen LogP contribution in [0.1, 0.15) is 42.7 Å². The Morgan fingerprint density at radius 1 is 1.24 bits per heavy atom. The van der Waals surface area contributed by atoms with Gasteiger partial charge in [0, 0.05) is 36.3 Å². The minimum absolute atomic E-state index is 0.0850. The molecule has 0 radical (unpaired) electrons. The highest BCUT2D eigenvalue weighted by Crippen LogP contribution is 2.30. The van der Waals surface area contributed by atoms with Crippen molar-refractivity contribution >= 4 is 11.8 Å². The first-order valence-electron chi connectivity index (χ1n) is 8.90. The first-order valence-corrected chi connectivity index (χ1v) is 8.90. The van der Waals surface area contributed by atoms with E-state index in [2.05, 4.69) is 25.8 Å². The number of amides is 2. The molecule has 3 heterocycles. The van der Waals surface area contributed by atoms with Crippen LogP contribution in [0.2, 0.25) is 0 Å². The van der Waals surface area contributed by atoms with Gasteiger partial charge in [-0.05, 0) is 39.0 Å². The van der Waals surface area contributed by atoms with Crippen LogP contribution < -0.4 is 5.48 Å². The van der Waals surface area contributed by atoms with Gasteiger partial charge in [-0.3, -0.25) is 14.8 Å². The summed E-state index contributed by atoms with van der Waals surface area (Å²) in [7, 11) is 2.09. The van der Waals surface area contributed by atoms with Crippen LogP contribution in [0.4, 0.5) is 0 Å². The SMILES string of the molecule is CN1CCC(C(=O)N2Cc3cc(C(=O)NO)cn3CC(C)(C)C2)CC1. The molecule has 2 aliphatic rings. The Kier molecular flexibility index (Phi) is 4.88. The molecular formula is C18H28N4O3. The minimum atomic E-state index is -0.522. The molecule has 2 aliphatic heterocycles. The first kappa shape index (κ1) is 17.9. The van der Waals surface area contributed by atoms with Crippen molar-refractivity contribution in [2.45, 2.75) is 39.8 Å². The van der Waals surface area contributed by atoms with Crippen molar-refractivity contribution in [1.29, 1.82) is 0 Å². The lowest BCUT2D eigenvalue weighted by Gasteiger charge is -2.34. The fourth-order valence-electron chi connectivity index (χ4n) is 3.97. The van der Waals surface area contributed by atoms with E-state index in [4.69, 9.17) is 5.21 Å². The van der Waals surface area contributed by atoms with E-state index >= 15 is 0 Å².